The number of carboxylic acid groups (broad SMARTS) is 1. The maximum absolute atomic E-state index is 15.3. The number of methoxy groups -OCH3 is 1. The van der Waals surface area contributed by atoms with Crippen LogP contribution in [0.5, 0.6) is 17.2 Å². The number of phenolic OH excluding ortho intramolecular Hbond substituents is 1. The molecular formula is C40H31ClN2O9. The summed E-state index contributed by atoms with van der Waals surface area (Å²) in [4.78, 5) is 72.4. The van der Waals surface area contributed by atoms with Crippen molar-refractivity contribution in [3.8, 4) is 17.2 Å². The average Bonchev–Trinajstić information content (AvgIpc) is 3.52. The molecule has 3 N–H and O–H groups in total. The Kier molecular flexibility index (Phi) is 7.72. The highest BCUT2D eigenvalue weighted by Crippen LogP contribution is 2.65. The van der Waals surface area contributed by atoms with E-state index in [2.05, 4.69) is 0 Å². The Morgan fingerprint density at radius 3 is 2.25 bits per heavy atom. The Labute approximate surface area is 302 Å². The van der Waals surface area contributed by atoms with Gasteiger partial charge in [0.15, 0.2) is 0 Å². The first-order valence-corrected chi connectivity index (χ1v) is 17.1. The molecule has 4 aromatic rings. The number of fused-ring (bicyclic) bond motifs is 4. The molecule has 0 aromatic heterocycles. The van der Waals surface area contributed by atoms with Crippen molar-refractivity contribution in [2.45, 2.75) is 24.2 Å². The monoisotopic (exact) mass is 718 g/mol. The zero-order chi connectivity index (χ0) is 36.6. The molecule has 11 nitrogen and oxygen atoms in total. The van der Waals surface area contributed by atoms with Gasteiger partial charge in [-0.15, -0.1) is 0 Å². The van der Waals surface area contributed by atoms with E-state index in [9.17, 15) is 34.5 Å². The summed E-state index contributed by atoms with van der Waals surface area (Å²) in [6.45, 7) is 0. The summed E-state index contributed by atoms with van der Waals surface area (Å²) in [6.07, 6.45) is 2.00. The molecule has 4 aromatic carbocycles. The quantitative estimate of drug-likeness (QED) is 0.165. The van der Waals surface area contributed by atoms with Crippen molar-refractivity contribution in [1.29, 1.82) is 0 Å². The summed E-state index contributed by atoms with van der Waals surface area (Å²) < 4.78 is 5.56. The molecule has 6 unspecified atom stereocenters. The van der Waals surface area contributed by atoms with Crippen LogP contribution in [0.1, 0.15) is 40.2 Å². The Morgan fingerprint density at radius 1 is 0.808 bits per heavy atom. The molecule has 0 radical (unpaired) electrons. The van der Waals surface area contributed by atoms with Gasteiger partial charge >= 0.3 is 5.97 Å². The van der Waals surface area contributed by atoms with Crippen molar-refractivity contribution in [3.63, 3.8) is 0 Å². The number of ether oxygens (including phenoxy) is 1. The average molecular weight is 719 g/mol. The van der Waals surface area contributed by atoms with Crippen LogP contribution in [-0.4, -0.2) is 52.0 Å². The van der Waals surface area contributed by atoms with Gasteiger partial charge < -0.3 is 20.1 Å². The van der Waals surface area contributed by atoms with Crippen LogP contribution in [0.4, 0.5) is 11.4 Å². The number of carbonyl (C=O) groups is 5. The van der Waals surface area contributed by atoms with Crippen LogP contribution in [0.15, 0.2) is 103 Å². The smallest absolute Gasteiger partial charge is 0.339 e. The zero-order valence-electron chi connectivity index (χ0n) is 27.6. The van der Waals surface area contributed by atoms with Crippen LogP contribution in [0.25, 0.3) is 0 Å². The topological polar surface area (TPSA) is 162 Å². The number of hydrogen-bond acceptors (Lipinski definition) is 8. The van der Waals surface area contributed by atoms with E-state index in [0.717, 1.165) is 21.9 Å². The van der Waals surface area contributed by atoms with Gasteiger partial charge in [0.05, 0.1) is 41.7 Å². The SMILES string of the molecule is COc1ccc(O)c(C2C3=CCC4C(=O)N(c5ccc(C(=O)O)c(O)c5)C(=O)C4C3CC3C(=O)N(c4cccc(Cl)c4)C(=O)C32c2ccccc2)c1. The van der Waals surface area contributed by atoms with Crippen LogP contribution < -0.4 is 14.5 Å². The predicted molar refractivity (Wildman–Crippen MR) is 188 cm³/mol. The lowest BCUT2D eigenvalue weighted by atomic mass is 9.49. The number of anilines is 2. The number of benzene rings is 4. The first-order chi connectivity index (χ1) is 25.0. The molecule has 6 atom stereocenters. The summed E-state index contributed by atoms with van der Waals surface area (Å²) >= 11 is 6.37. The fourth-order valence-corrected chi connectivity index (χ4v) is 9.26. The number of phenols is 2. The van der Waals surface area contributed by atoms with Crippen LogP contribution in [-0.2, 0) is 24.6 Å². The molecule has 52 heavy (non-hydrogen) atoms. The van der Waals surface area contributed by atoms with Gasteiger partial charge in [-0.25, -0.2) is 14.6 Å². The number of aromatic hydroxyl groups is 2. The molecule has 2 aliphatic heterocycles. The first-order valence-electron chi connectivity index (χ1n) is 16.7. The summed E-state index contributed by atoms with van der Waals surface area (Å²) in [6, 6.07) is 23.6. The van der Waals surface area contributed by atoms with Gasteiger partial charge in [-0.05, 0) is 72.9 Å². The van der Waals surface area contributed by atoms with E-state index < -0.39 is 70.4 Å². The second-order valence-corrected chi connectivity index (χ2v) is 14.0. The molecule has 4 aliphatic rings. The van der Waals surface area contributed by atoms with E-state index in [1.165, 1.54) is 25.3 Å². The number of nitrogens with zero attached hydrogens (tertiary/aromatic N) is 2. The van der Waals surface area contributed by atoms with Gasteiger partial charge in [-0.1, -0.05) is 59.6 Å². The van der Waals surface area contributed by atoms with E-state index in [0.29, 0.717) is 27.5 Å². The number of imide groups is 2. The number of carboxylic acids is 1. The van der Waals surface area contributed by atoms with Crippen molar-refractivity contribution in [1.82, 2.24) is 0 Å². The van der Waals surface area contributed by atoms with Crippen LogP contribution >= 0.6 is 11.6 Å². The third-order valence-corrected chi connectivity index (χ3v) is 11.4. The van der Waals surface area contributed by atoms with E-state index in [-0.39, 0.29) is 35.5 Å². The number of hydrogen-bond donors (Lipinski definition) is 3. The van der Waals surface area contributed by atoms with Crippen molar-refractivity contribution >= 4 is 52.6 Å². The Bertz CT molecular complexity index is 2250. The molecule has 8 rings (SSSR count). The van der Waals surface area contributed by atoms with Gasteiger partial charge in [-0.2, -0.15) is 0 Å². The van der Waals surface area contributed by atoms with E-state index in [1.54, 1.807) is 60.7 Å². The zero-order valence-corrected chi connectivity index (χ0v) is 28.4. The number of allylic oxidation sites excluding steroid dienone is 2. The second-order valence-electron chi connectivity index (χ2n) is 13.5. The van der Waals surface area contributed by atoms with Crippen molar-refractivity contribution in [3.05, 3.63) is 124 Å². The molecule has 0 spiro atoms. The molecular weight excluding hydrogens is 688 g/mol. The molecule has 4 amide bonds. The maximum Gasteiger partial charge on any atom is 0.339 e. The first kappa shape index (κ1) is 33.2. The highest BCUT2D eigenvalue weighted by molar-refractivity contribution is 6.32. The lowest BCUT2D eigenvalue weighted by Crippen LogP contribution is -2.53. The maximum atomic E-state index is 15.3. The molecule has 262 valence electrons. The van der Waals surface area contributed by atoms with Crippen LogP contribution in [0.3, 0.4) is 0 Å². The van der Waals surface area contributed by atoms with Gasteiger partial charge in [0.1, 0.15) is 22.8 Å². The molecule has 3 fully saturated rings. The van der Waals surface area contributed by atoms with E-state index >= 15 is 4.79 Å². The van der Waals surface area contributed by atoms with Gasteiger partial charge in [0, 0.05) is 22.6 Å². The van der Waals surface area contributed by atoms with Crippen molar-refractivity contribution in [2.24, 2.45) is 23.7 Å². The van der Waals surface area contributed by atoms with Gasteiger partial charge in [-0.3, -0.25) is 19.2 Å². The predicted octanol–water partition coefficient (Wildman–Crippen LogP) is 5.83. The van der Waals surface area contributed by atoms with Gasteiger partial charge in [0.25, 0.3) is 0 Å². The largest absolute Gasteiger partial charge is 0.508 e. The Hall–Kier alpha value is -5.94. The van der Waals surface area contributed by atoms with Crippen molar-refractivity contribution in [2.75, 3.05) is 16.9 Å². The lowest BCUT2D eigenvalue weighted by Gasteiger charge is -2.50. The molecule has 2 heterocycles. The number of rotatable bonds is 6. The van der Waals surface area contributed by atoms with Crippen molar-refractivity contribution < 1.29 is 44.0 Å². The second kappa shape index (κ2) is 12.1. The van der Waals surface area contributed by atoms with Crippen LogP contribution in [0, 0.1) is 23.7 Å². The molecule has 2 saturated heterocycles. The summed E-state index contributed by atoms with van der Waals surface area (Å²) in [5.41, 5.74) is -0.193. The fourth-order valence-electron chi connectivity index (χ4n) is 9.07. The normalized spacial score (nSPS) is 26.5. The van der Waals surface area contributed by atoms with Crippen LogP contribution in [0.2, 0.25) is 5.02 Å². The summed E-state index contributed by atoms with van der Waals surface area (Å²) in [5.74, 6) is -8.38. The highest BCUT2D eigenvalue weighted by Gasteiger charge is 2.70. The minimum Gasteiger partial charge on any atom is -0.508 e. The third-order valence-electron chi connectivity index (χ3n) is 11.2. The standard InChI is InChI=1S/C40H31ClN2O9/c1-52-24-11-15-31(44)29(18-24)34-25-13-14-27-33(37(48)42(35(27)46)23-10-12-26(38(49)50)32(45)17-23)28(25)19-30-36(47)43(22-9-5-8-21(41)16-22)39(51)40(30,34)20-6-3-2-4-7-20/h2-13,15-18,27-28,30,33-34,44-45H,14,19H2,1H3,(H,49,50). The number of halogens is 1. The highest BCUT2D eigenvalue weighted by atomic mass is 35.5. The number of aromatic carboxylic acids is 1. The molecule has 0 bridgehead atoms. The molecule has 12 heteroatoms. The molecule has 2 aliphatic carbocycles. The number of amides is 4. The van der Waals surface area contributed by atoms with E-state index in [4.69, 9.17) is 16.3 Å². The van der Waals surface area contributed by atoms with Gasteiger partial charge in [0.2, 0.25) is 23.6 Å². The summed E-state index contributed by atoms with van der Waals surface area (Å²) in [7, 11) is 1.48. The van der Waals surface area contributed by atoms with E-state index in [1.807, 2.05) is 6.08 Å². The summed E-state index contributed by atoms with van der Waals surface area (Å²) in [5, 5.41) is 31.8. The number of carbonyl (C=O) groups excluding carboxylic acids is 4. The minimum atomic E-state index is -1.59. The Morgan fingerprint density at radius 2 is 1.56 bits per heavy atom. The minimum absolute atomic E-state index is 0.0177. The third kappa shape index (κ3) is 4.61. The molecule has 1 saturated carbocycles. The lowest BCUT2D eigenvalue weighted by molar-refractivity contribution is -0.127. The fraction of sp³-hybridized carbons (Fsp3) is 0.225. The Balaban J connectivity index is 1.34.